The second-order valence-corrected chi connectivity index (χ2v) is 7.48. The van der Waals surface area contributed by atoms with Crippen LogP contribution in [0.2, 0.25) is 0 Å². The Labute approximate surface area is 144 Å². The summed E-state index contributed by atoms with van der Waals surface area (Å²) in [6.45, 7) is 5.88. The highest BCUT2D eigenvalue weighted by Gasteiger charge is 2.45. The number of hydrogen-bond acceptors (Lipinski definition) is 2. The van der Waals surface area contributed by atoms with Crippen LogP contribution in [-0.2, 0) is 17.8 Å². The van der Waals surface area contributed by atoms with Crippen molar-refractivity contribution >= 4 is 11.9 Å². The number of likely N-dealkylation sites (tertiary alicyclic amines) is 1. The van der Waals surface area contributed by atoms with Gasteiger partial charge in [0.25, 0.3) is 0 Å². The van der Waals surface area contributed by atoms with Gasteiger partial charge in [-0.15, -0.1) is 0 Å². The Hall–Kier alpha value is -2.04. The summed E-state index contributed by atoms with van der Waals surface area (Å²) in [5, 5.41) is 2.94. The first-order chi connectivity index (χ1) is 11.4. The molecule has 0 radical (unpaired) electrons. The van der Waals surface area contributed by atoms with E-state index in [1.165, 1.54) is 11.1 Å². The summed E-state index contributed by atoms with van der Waals surface area (Å²) in [5.41, 5.74) is 2.15. The normalized spacial score (nSPS) is 20.1. The second kappa shape index (κ2) is 6.46. The molecule has 1 spiro atoms. The fraction of sp³-hybridized carbons (Fsp3) is 0.579. The van der Waals surface area contributed by atoms with Crippen LogP contribution >= 0.6 is 0 Å². The Morgan fingerprint density at radius 3 is 2.42 bits per heavy atom. The maximum Gasteiger partial charge on any atom is 0.317 e. The predicted molar refractivity (Wildman–Crippen MR) is 93.5 cm³/mol. The van der Waals surface area contributed by atoms with E-state index >= 15 is 0 Å². The zero-order valence-electron chi connectivity index (χ0n) is 14.8. The zero-order chi connectivity index (χ0) is 17.3. The SMILES string of the molecule is CC(C)NC(=O)N1CCC2(CC1)Cc1ccccc1CN(C)C2=O. The molecule has 3 amide bonds. The highest BCUT2D eigenvalue weighted by Crippen LogP contribution is 2.40. The maximum absolute atomic E-state index is 13.1. The first-order valence-electron chi connectivity index (χ1n) is 8.79. The maximum atomic E-state index is 13.1. The van der Waals surface area contributed by atoms with Gasteiger partial charge in [-0.05, 0) is 44.2 Å². The number of nitrogens with zero attached hydrogens (tertiary/aromatic N) is 2. The predicted octanol–water partition coefficient (Wildman–Crippen LogP) is 2.40. The number of rotatable bonds is 1. The average molecular weight is 329 g/mol. The molecule has 3 rings (SSSR count). The van der Waals surface area contributed by atoms with Crippen molar-refractivity contribution in [3.63, 3.8) is 0 Å². The quantitative estimate of drug-likeness (QED) is 0.860. The van der Waals surface area contributed by atoms with Crippen LogP contribution in [0.15, 0.2) is 24.3 Å². The molecule has 0 bridgehead atoms. The summed E-state index contributed by atoms with van der Waals surface area (Å²) in [6.07, 6.45) is 2.25. The molecule has 0 atom stereocenters. The van der Waals surface area contributed by atoms with E-state index in [4.69, 9.17) is 0 Å². The number of hydrogen-bond donors (Lipinski definition) is 1. The number of nitrogens with one attached hydrogen (secondary N) is 1. The van der Waals surface area contributed by atoms with E-state index < -0.39 is 0 Å². The molecule has 1 aromatic rings. The third-order valence-corrected chi connectivity index (χ3v) is 5.28. The molecule has 0 aliphatic carbocycles. The number of carbonyl (C=O) groups is 2. The van der Waals surface area contributed by atoms with Crippen LogP contribution in [0, 0.1) is 5.41 Å². The van der Waals surface area contributed by atoms with Gasteiger partial charge in [0, 0.05) is 32.7 Å². The van der Waals surface area contributed by atoms with E-state index in [9.17, 15) is 9.59 Å². The van der Waals surface area contributed by atoms with Crippen LogP contribution in [0.1, 0.15) is 37.8 Å². The van der Waals surface area contributed by atoms with Crippen molar-refractivity contribution in [2.75, 3.05) is 20.1 Å². The lowest BCUT2D eigenvalue weighted by atomic mass is 9.73. The highest BCUT2D eigenvalue weighted by molar-refractivity contribution is 5.84. The molecule has 130 valence electrons. The van der Waals surface area contributed by atoms with Crippen LogP contribution in [0.4, 0.5) is 4.79 Å². The van der Waals surface area contributed by atoms with Gasteiger partial charge in [-0.25, -0.2) is 4.79 Å². The van der Waals surface area contributed by atoms with Gasteiger partial charge in [-0.1, -0.05) is 24.3 Å². The molecule has 24 heavy (non-hydrogen) atoms. The molecular formula is C19H27N3O2. The van der Waals surface area contributed by atoms with Gasteiger partial charge in [0.1, 0.15) is 0 Å². The van der Waals surface area contributed by atoms with Gasteiger partial charge >= 0.3 is 6.03 Å². The molecule has 2 aliphatic rings. The summed E-state index contributed by atoms with van der Waals surface area (Å²) in [6, 6.07) is 8.45. The topological polar surface area (TPSA) is 52.7 Å². The van der Waals surface area contributed by atoms with Gasteiger partial charge in [0.15, 0.2) is 0 Å². The molecule has 0 unspecified atom stereocenters. The first kappa shape index (κ1) is 16.8. The monoisotopic (exact) mass is 329 g/mol. The van der Waals surface area contributed by atoms with Crippen molar-refractivity contribution in [2.45, 2.75) is 45.7 Å². The number of piperidine rings is 1. The lowest BCUT2D eigenvalue weighted by Gasteiger charge is -2.41. The Bertz CT molecular complexity index is 633. The van der Waals surface area contributed by atoms with Crippen molar-refractivity contribution in [3.05, 3.63) is 35.4 Å². The summed E-state index contributed by atoms with van der Waals surface area (Å²) >= 11 is 0. The number of fused-ring (bicyclic) bond motifs is 1. The van der Waals surface area contributed by atoms with Crippen LogP contribution < -0.4 is 5.32 Å². The number of carbonyl (C=O) groups excluding carboxylic acids is 2. The van der Waals surface area contributed by atoms with Gasteiger partial charge in [-0.2, -0.15) is 0 Å². The fourth-order valence-corrected chi connectivity index (χ4v) is 3.92. The van der Waals surface area contributed by atoms with E-state index in [0.717, 1.165) is 19.3 Å². The third-order valence-electron chi connectivity index (χ3n) is 5.28. The van der Waals surface area contributed by atoms with Gasteiger partial charge in [0.2, 0.25) is 5.91 Å². The third kappa shape index (κ3) is 3.12. The Morgan fingerprint density at radius 2 is 1.79 bits per heavy atom. The van der Waals surface area contributed by atoms with Crippen LogP contribution in [0.5, 0.6) is 0 Å². The summed E-state index contributed by atoms with van der Waals surface area (Å²) in [4.78, 5) is 29.0. The molecule has 0 saturated carbocycles. The van der Waals surface area contributed by atoms with Gasteiger partial charge in [-0.3, -0.25) is 4.79 Å². The van der Waals surface area contributed by atoms with E-state index in [2.05, 4.69) is 17.4 Å². The largest absolute Gasteiger partial charge is 0.341 e. The summed E-state index contributed by atoms with van der Waals surface area (Å²) in [5.74, 6) is 0.225. The van der Waals surface area contributed by atoms with Crippen LogP contribution in [-0.4, -0.2) is 47.9 Å². The highest BCUT2D eigenvalue weighted by atomic mass is 16.2. The van der Waals surface area contributed by atoms with E-state index in [1.54, 1.807) is 0 Å². The smallest absolute Gasteiger partial charge is 0.317 e. The van der Waals surface area contributed by atoms with Crippen molar-refractivity contribution < 1.29 is 9.59 Å². The van der Waals surface area contributed by atoms with Gasteiger partial charge in [0.05, 0.1) is 5.41 Å². The molecular weight excluding hydrogens is 302 g/mol. The second-order valence-electron chi connectivity index (χ2n) is 7.48. The average Bonchev–Trinajstić information content (AvgIpc) is 2.64. The number of amides is 3. The zero-order valence-corrected chi connectivity index (χ0v) is 14.8. The summed E-state index contributed by atoms with van der Waals surface area (Å²) in [7, 11) is 1.89. The molecule has 1 aromatic carbocycles. The molecule has 0 aromatic heterocycles. The molecule has 5 heteroatoms. The van der Waals surface area contributed by atoms with E-state index in [0.29, 0.717) is 19.6 Å². The Morgan fingerprint density at radius 1 is 1.17 bits per heavy atom. The molecule has 1 N–H and O–H groups in total. The fourth-order valence-electron chi connectivity index (χ4n) is 3.92. The first-order valence-corrected chi connectivity index (χ1v) is 8.79. The van der Waals surface area contributed by atoms with Crippen molar-refractivity contribution in [1.29, 1.82) is 0 Å². The van der Waals surface area contributed by atoms with Crippen LogP contribution in [0.3, 0.4) is 0 Å². The minimum Gasteiger partial charge on any atom is -0.341 e. The van der Waals surface area contributed by atoms with Crippen molar-refractivity contribution in [1.82, 2.24) is 15.1 Å². The molecule has 2 aliphatic heterocycles. The van der Waals surface area contributed by atoms with E-state index in [1.807, 2.05) is 42.8 Å². The molecule has 2 heterocycles. The molecule has 1 saturated heterocycles. The standard InChI is InChI=1S/C19H27N3O2/c1-14(2)20-18(24)22-10-8-19(9-11-22)12-15-6-4-5-7-16(15)13-21(3)17(19)23/h4-7,14H,8-13H2,1-3H3,(H,20,24). The molecule has 5 nitrogen and oxygen atoms in total. The minimum absolute atomic E-state index is 0.0188. The van der Waals surface area contributed by atoms with Crippen molar-refractivity contribution in [3.8, 4) is 0 Å². The minimum atomic E-state index is -0.365. The molecule has 1 fully saturated rings. The Balaban J connectivity index is 1.78. The lowest BCUT2D eigenvalue weighted by molar-refractivity contribution is -0.143. The lowest BCUT2D eigenvalue weighted by Crippen LogP contribution is -2.53. The van der Waals surface area contributed by atoms with Gasteiger partial charge < -0.3 is 15.1 Å². The van der Waals surface area contributed by atoms with Crippen LogP contribution in [0.25, 0.3) is 0 Å². The number of benzene rings is 1. The Kier molecular flexibility index (Phi) is 4.52. The van der Waals surface area contributed by atoms with E-state index in [-0.39, 0.29) is 23.4 Å². The van der Waals surface area contributed by atoms with Crippen molar-refractivity contribution in [2.24, 2.45) is 5.41 Å². The summed E-state index contributed by atoms with van der Waals surface area (Å²) < 4.78 is 0. The number of urea groups is 1.